The Kier molecular flexibility index (Phi) is 7.95. The van der Waals surface area contributed by atoms with Gasteiger partial charge in [-0.25, -0.2) is 0 Å². The number of ketones is 1. The number of aliphatic hydroxyl groups is 1. The van der Waals surface area contributed by atoms with E-state index in [1.54, 1.807) is 30.3 Å². The van der Waals surface area contributed by atoms with Crippen molar-refractivity contribution >= 4 is 40.7 Å². The van der Waals surface area contributed by atoms with E-state index in [1.807, 2.05) is 25.1 Å². The number of methoxy groups -OCH3 is 2. The van der Waals surface area contributed by atoms with Gasteiger partial charge in [-0.1, -0.05) is 53.5 Å². The Morgan fingerprint density at radius 2 is 1.70 bits per heavy atom. The van der Waals surface area contributed by atoms with Crippen molar-refractivity contribution < 1.29 is 28.9 Å². The van der Waals surface area contributed by atoms with Crippen LogP contribution in [0.3, 0.4) is 0 Å². The number of halogens is 2. The van der Waals surface area contributed by atoms with Crippen molar-refractivity contribution in [3.63, 3.8) is 0 Å². The number of likely N-dealkylation sites (tertiary alicyclic amines) is 1. The highest BCUT2D eigenvalue weighted by atomic mass is 35.5. The second-order valence-electron chi connectivity index (χ2n) is 8.21. The van der Waals surface area contributed by atoms with Gasteiger partial charge in [0.25, 0.3) is 11.7 Å². The summed E-state index contributed by atoms with van der Waals surface area (Å²) >= 11 is 12.5. The fraction of sp³-hybridized carbons (Fsp3) is 0.214. The van der Waals surface area contributed by atoms with Crippen molar-refractivity contribution in [2.45, 2.75) is 19.5 Å². The first-order valence-corrected chi connectivity index (χ1v) is 12.2. The fourth-order valence-electron chi connectivity index (χ4n) is 4.41. The standard InChI is InChI=1S/C28H25Cl2NO6/c1-4-37-19-11-9-16(10-12-19)24-23(25(32)20-13-18(29)14-21(30)27(20)36-3)26(33)28(34)31(24)15-17-7-5-6-8-22(17)35-2/h5-14,24,32H,4,15H2,1-3H3/b25-23+. The lowest BCUT2D eigenvalue weighted by atomic mass is 9.94. The van der Waals surface area contributed by atoms with Gasteiger partial charge < -0.3 is 24.2 Å². The highest BCUT2D eigenvalue weighted by Gasteiger charge is 2.46. The summed E-state index contributed by atoms with van der Waals surface area (Å²) in [6, 6.07) is 16.2. The molecular formula is C28H25Cl2NO6. The van der Waals surface area contributed by atoms with Gasteiger partial charge in [0.05, 0.1) is 49.6 Å². The number of Topliss-reactive ketones (excluding diaryl/α,β-unsaturated/α-hetero) is 1. The molecule has 1 aliphatic rings. The lowest BCUT2D eigenvalue weighted by molar-refractivity contribution is -0.140. The third kappa shape index (κ3) is 5.10. The summed E-state index contributed by atoms with van der Waals surface area (Å²) in [5, 5.41) is 11.8. The Morgan fingerprint density at radius 3 is 2.35 bits per heavy atom. The average Bonchev–Trinajstić information content (AvgIpc) is 3.13. The van der Waals surface area contributed by atoms with Crippen molar-refractivity contribution in [1.29, 1.82) is 0 Å². The molecule has 1 heterocycles. The van der Waals surface area contributed by atoms with Crippen LogP contribution in [0.1, 0.15) is 29.7 Å². The SMILES string of the molecule is CCOc1ccc(C2/C(=C(\O)c3cc(Cl)cc(Cl)c3OC)C(=O)C(=O)N2Cc2ccccc2OC)cc1. The quantitative estimate of drug-likeness (QED) is 0.213. The van der Waals surface area contributed by atoms with Gasteiger partial charge in [0.1, 0.15) is 23.0 Å². The van der Waals surface area contributed by atoms with Crippen molar-refractivity contribution in [3.8, 4) is 17.2 Å². The van der Waals surface area contributed by atoms with Crippen molar-refractivity contribution in [1.82, 2.24) is 4.90 Å². The zero-order chi connectivity index (χ0) is 26.7. The maximum Gasteiger partial charge on any atom is 0.295 e. The van der Waals surface area contributed by atoms with Crippen LogP contribution in [0.5, 0.6) is 17.2 Å². The molecule has 0 radical (unpaired) electrons. The molecule has 4 rings (SSSR count). The highest BCUT2D eigenvalue weighted by molar-refractivity contribution is 6.46. The molecule has 1 amide bonds. The third-order valence-corrected chi connectivity index (χ3v) is 6.55. The van der Waals surface area contributed by atoms with E-state index in [1.165, 1.54) is 31.3 Å². The van der Waals surface area contributed by atoms with Gasteiger partial charge in [0, 0.05) is 10.6 Å². The van der Waals surface area contributed by atoms with Crippen LogP contribution in [0.2, 0.25) is 10.0 Å². The Morgan fingerprint density at radius 1 is 1.00 bits per heavy atom. The van der Waals surface area contributed by atoms with Crippen LogP contribution in [0.4, 0.5) is 0 Å². The summed E-state index contributed by atoms with van der Waals surface area (Å²) in [4.78, 5) is 28.2. The molecule has 1 unspecified atom stereocenters. The van der Waals surface area contributed by atoms with E-state index in [-0.39, 0.29) is 33.5 Å². The molecule has 3 aromatic rings. The van der Waals surface area contributed by atoms with Crippen LogP contribution in [-0.4, -0.2) is 42.5 Å². The smallest absolute Gasteiger partial charge is 0.295 e. The largest absolute Gasteiger partial charge is 0.507 e. The number of carbonyl (C=O) groups excluding carboxylic acids is 2. The van der Waals surface area contributed by atoms with Gasteiger partial charge in [-0.3, -0.25) is 9.59 Å². The van der Waals surface area contributed by atoms with Crippen molar-refractivity contribution in [2.24, 2.45) is 0 Å². The molecule has 0 bridgehead atoms. The first-order chi connectivity index (χ1) is 17.8. The predicted octanol–water partition coefficient (Wildman–Crippen LogP) is 6.03. The Balaban J connectivity index is 1.92. The maximum absolute atomic E-state index is 13.4. The lowest BCUT2D eigenvalue weighted by Gasteiger charge is -2.26. The molecular weight excluding hydrogens is 517 g/mol. The number of amides is 1. The van der Waals surface area contributed by atoms with Gasteiger partial charge in [-0.15, -0.1) is 0 Å². The lowest BCUT2D eigenvalue weighted by Crippen LogP contribution is -2.29. The molecule has 0 spiro atoms. The molecule has 0 saturated carbocycles. The number of ether oxygens (including phenoxy) is 3. The van der Waals surface area contributed by atoms with Crippen molar-refractivity contribution in [2.75, 3.05) is 20.8 Å². The number of nitrogens with zero attached hydrogens (tertiary/aromatic N) is 1. The molecule has 192 valence electrons. The Bertz CT molecular complexity index is 1370. The summed E-state index contributed by atoms with van der Waals surface area (Å²) in [5.41, 5.74) is 1.30. The van der Waals surface area contributed by atoms with Crippen LogP contribution in [0.25, 0.3) is 5.76 Å². The summed E-state index contributed by atoms with van der Waals surface area (Å²) in [7, 11) is 2.92. The first-order valence-electron chi connectivity index (χ1n) is 11.5. The summed E-state index contributed by atoms with van der Waals surface area (Å²) in [6.45, 7) is 2.43. The number of hydrogen-bond acceptors (Lipinski definition) is 6. The minimum atomic E-state index is -0.914. The molecule has 1 saturated heterocycles. The van der Waals surface area contributed by atoms with Crippen LogP contribution >= 0.6 is 23.2 Å². The predicted molar refractivity (Wildman–Crippen MR) is 141 cm³/mol. The minimum Gasteiger partial charge on any atom is -0.507 e. The Labute approximate surface area is 224 Å². The van der Waals surface area contributed by atoms with Crippen LogP contribution < -0.4 is 14.2 Å². The zero-order valence-electron chi connectivity index (χ0n) is 20.5. The fourth-order valence-corrected chi connectivity index (χ4v) is 4.98. The van der Waals surface area contributed by atoms with Crippen LogP contribution in [0, 0.1) is 0 Å². The molecule has 1 atom stereocenters. The molecule has 1 N–H and O–H groups in total. The third-order valence-electron chi connectivity index (χ3n) is 6.05. The number of hydrogen-bond donors (Lipinski definition) is 1. The van der Waals surface area contributed by atoms with Gasteiger partial charge in [0.2, 0.25) is 0 Å². The number of para-hydroxylation sites is 1. The van der Waals surface area contributed by atoms with E-state index in [0.717, 1.165) is 0 Å². The molecule has 0 aliphatic carbocycles. The van der Waals surface area contributed by atoms with Gasteiger partial charge >= 0.3 is 0 Å². The topological polar surface area (TPSA) is 85.3 Å². The van der Waals surface area contributed by atoms with E-state index in [9.17, 15) is 14.7 Å². The number of rotatable bonds is 8. The monoisotopic (exact) mass is 541 g/mol. The van der Waals surface area contributed by atoms with Crippen LogP contribution in [-0.2, 0) is 16.1 Å². The normalized spacial score (nSPS) is 16.7. The number of carbonyl (C=O) groups is 2. The highest BCUT2D eigenvalue weighted by Crippen LogP contribution is 2.44. The molecule has 3 aromatic carbocycles. The second-order valence-corrected chi connectivity index (χ2v) is 9.05. The van der Waals surface area contributed by atoms with E-state index in [4.69, 9.17) is 37.4 Å². The molecule has 1 aliphatic heterocycles. The van der Waals surface area contributed by atoms with Gasteiger partial charge in [0.15, 0.2) is 0 Å². The molecule has 37 heavy (non-hydrogen) atoms. The molecule has 0 aromatic heterocycles. The van der Waals surface area contributed by atoms with Crippen molar-refractivity contribution in [3.05, 3.63) is 93.0 Å². The van der Waals surface area contributed by atoms with Crippen LogP contribution in [0.15, 0.2) is 66.2 Å². The minimum absolute atomic E-state index is 0.0662. The number of benzene rings is 3. The Hall–Kier alpha value is -3.68. The van der Waals surface area contributed by atoms with Gasteiger partial charge in [-0.05, 0) is 42.8 Å². The average molecular weight is 542 g/mol. The summed E-state index contributed by atoms with van der Waals surface area (Å²) in [5.74, 6) is -0.719. The van der Waals surface area contributed by atoms with E-state index >= 15 is 0 Å². The molecule has 7 nitrogen and oxygen atoms in total. The van der Waals surface area contributed by atoms with Gasteiger partial charge in [-0.2, -0.15) is 0 Å². The first kappa shape index (κ1) is 26.4. The maximum atomic E-state index is 13.4. The molecule has 1 fully saturated rings. The zero-order valence-corrected chi connectivity index (χ0v) is 22.0. The van der Waals surface area contributed by atoms with E-state index in [2.05, 4.69) is 0 Å². The van der Waals surface area contributed by atoms with E-state index < -0.39 is 23.5 Å². The summed E-state index contributed by atoms with van der Waals surface area (Å²) < 4.78 is 16.4. The van der Waals surface area contributed by atoms with E-state index in [0.29, 0.717) is 29.2 Å². The summed E-state index contributed by atoms with van der Waals surface area (Å²) in [6.07, 6.45) is 0. The molecule has 9 heteroatoms. The number of aliphatic hydroxyl groups excluding tert-OH is 1. The second kappa shape index (κ2) is 11.2.